The zero-order valence-corrected chi connectivity index (χ0v) is 13.6. The van der Waals surface area contributed by atoms with Gasteiger partial charge in [-0.1, -0.05) is 24.3 Å². The lowest BCUT2D eigenvalue weighted by molar-refractivity contribution is 0.237. The fraction of sp³-hybridized carbons (Fsp3) is 0.211. The number of fused-ring (bicyclic) bond motifs is 1. The van der Waals surface area contributed by atoms with Crippen molar-refractivity contribution in [2.75, 3.05) is 6.54 Å². The van der Waals surface area contributed by atoms with Gasteiger partial charge in [-0.3, -0.25) is 14.7 Å². The molecule has 3 heterocycles. The van der Waals surface area contributed by atoms with Crippen molar-refractivity contribution in [3.8, 4) is 11.5 Å². The van der Waals surface area contributed by atoms with Crippen LogP contribution in [0.25, 0.3) is 11.5 Å². The first kappa shape index (κ1) is 15.7. The summed E-state index contributed by atoms with van der Waals surface area (Å²) < 4.78 is 13.9. The van der Waals surface area contributed by atoms with E-state index in [2.05, 4.69) is 19.9 Å². The van der Waals surface area contributed by atoms with Crippen molar-refractivity contribution < 1.29 is 4.39 Å². The Hall–Kier alpha value is -2.86. The molecule has 5 nitrogen and oxygen atoms in total. The number of hydrogen-bond donors (Lipinski definition) is 1. The molecule has 126 valence electrons. The van der Waals surface area contributed by atoms with Crippen molar-refractivity contribution in [3.05, 3.63) is 81.7 Å². The topological polar surface area (TPSA) is 61.9 Å². The van der Waals surface area contributed by atoms with Crippen LogP contribution in [0.1, 0.15) is 16.8 Å². The fourth-order valence-electron chi connectivity index (χ4n) is 3.12. The van der Waals surface area contributed by atoms with Gasteiger partial charge in [0, 0.05) is 37.0 Å². The summed E-state index contributed by atoms with van der Waals surface area (Å²) in [6, 6.07) is 12.3. The number of halogens is 1. The van der Waals surface area contributed by atoms with Gasteiger partial charge in [0.2, 0.25) is 0 Å². The molecule has 0 radical (unpaired) electrons. The second-order valence-electron chi connectivity index (χ2n) is 6.11. The molecule has 1 aliphatic rings. The smallest absolute Gasteiger partial charge is 0.254 e. The first-order valence-corrected chi connectivity index (χ1v) is 8.20. The maximum atomic E-state index is 13.9. The molecule has 4 rings (SSSR count). The second-order valence-corrected chi connectivity index (χ2v) is 6.11. The van der Waals surface area contributed by atoms with Gasteiger partial charge in [-0.25, -0.2) is 9.37 Å². The van der Waals surface area contributed by atoms with E-state index in [1.54, 1.807) is 18.3 Å². The van der Waals surface area contributed by atoms with Crippen LogP contribution in [0, 0.1) is 5.82 Å². The van der Waals surface area contributed by atoms with Crippen LogP contribution in [0.15, 0.2) is 53.5 Å². The summed E-state index contributed by atoms with van der Waals surface area (Å²) in [7, 11) is 0. The Labute approximate surface area is 144 Å². The monoisotopic (exact) mass is 336 g/mol. The van der Waals surface area contributed by atoms with E-state index in [4.69, 9.17) is 0 Å². The first-order chi connectivity index (χ1) is 12.2. The van der Waals surface area contributed by atoms with Crippen LogP contribution in [-0.4, -0.2) is 26.4 Å². The summed E-state index contributed by atoms with van der Waals surface area (Å²) in [5.41, 5.74) is 2.63. The molecular formula is C19H17FN4O. The van der Waals surface area contributed by atoms with Crippen LogP contribution >= 0.6 is 0 Å². The Morgan fingerprint density at radius 3 is 2.80 bits per heavy atom. The summed E-state index contributed by atoms with van der Waals surface area (Å²) in [5.74, 6) is 0.262. The number of nitrogens with one attached hydrogen (secondary N) is 1. The van der Waals surface area contributed by atoms with Crippen molar-refractivity contribution >= 4 is 0 Å². The second kappa shape index (κ2) is 6.57. The summed E-state index contributed by atoms with van der Waals surface area (Å²) in [6.45, 7) is 1.72. The molecule has 0 bridgehead atoms. The van der Waals surface area contributed by atoms with Crippen LogP contribution in [-0.2, 0) is 19.5 Å². The minimum atomic E-state index is -0.207. The van der Waals surface area contributed by atoms with Crippen LogP contribution in [0.5, 0.6) is 0 Å². The maximum absolute atomic E-state index is 13.9. The van der Waals surface area contributed by atoms with Gasteiger partial charge >= 0.3 is 0 Å². The Bertz CT molecular complexity index is 955. The lowest BCUT2D eigenvalue weighted by Crippen LogP contribution is -2.35. The minimum Gasteiger partial charge on any atom is -0.305 e. The highest BCUT2D eigenvalue weighted by atomic mass is 19.1. The van der Waals surface area contributed by atoms with Gasteiger partial charge in [0.1, 0.15) is 11.5 Å². The number of benzene rings is 1. The SMILES string of the molecule is O=c1[nH]c(-c2ccccn2)nc2c1CCN(Cc1ccccc1F)C2. The predicted molar refractivity (Wildman–Crippen MR) is 92.3 cm³/mol. The predicted octanol–water partition coefficient (Wildman–Crippen LogP) is 2.53. The Balaban J connectivity index is 1.63. The van der Waals surface area contributed by atoms with Gasteiger partial charge in [-0.15, -0.1) is 0 Å². The molecule has 0 aliphatic carbocycles. The molecule has 0 atom stereocenters. The van der Waals surface area contributed by atoms with Gasteiger partial charge in [0.25, 0.3) is 5.56 Å². The molecule has 1 aromatic carbocycles. The Kier molecular flexibility index (Phi) is 4.11. The lowest BCUT2D eigenvalue weighted by atomic mass is 10.1. The molecule has 1 N–H and O–H groups in total. The van der Waals surface area contributed by atoms with E-state index >= 15 is 0 Å². The van der Waals surface area contributed by atoms with Gasteiger partial charge in [0.15, 0.2) is 5.82 Å². The molecule has 1 aliphatic heterocycles. The number of pyridine rings is 1. The number of aromatic amines is 1. The summed E-state index contributed by atoms with van der Waals surface area (Å²) >= 11 is 0. The van der Waals surface area contributed by atoms with E-state index in [1.165, 1.54) is 6.07 Å². The number of aromatic nitrogens is 3. The van der Waals surface area contributed by atoms with Crippen molar-refractivity contribution in [1.29, 1.82) is 0 Å². The number of hydrogen-bond acceptors (Lipinski definition) is 4. The number of H-pyrrole nitrogens is 1. The number of rotatable bonds is 3. The van der Waals surface area contributed by atoms with E-state index in [0.29, 0.717) is 48.7 Å². The van der Waals surface area contributed by atoms with Crippen LogP contribution in [0.3, 0.4) is 0 Å². The molecule has 0 amide bonds. The van der Waals surface area contributed by atoms with Crippen LogP contribution in [0.2, 0.25) is 0 Å². The third-order valence-electron chi connectivity index (χ3n) is 4.41. The first-order valence-electron chi connectivity index (χ1n) is 8.20. The number of nitrogens with zero attached hydrogens (tertiary/aromatic N) is 3. The molecule has 0 saturated carbocycles. The zero-order valence-electron chi connectivity index (χ0n) is 13.6. The summed E-state index contributed by atoms with van der Waals surface area (Å²) in [4.78, 5) is 26.1. The highest BCUT2D eigenvalue weighted by Gasteiger charge is 2.22. The van der Waals surface area contributed by atoms with Gasteiger partial charge in [0.05, 0.1) is 5.69 Å². The molecule has 0 saturated heterocycles. The fourth-order valence-corrected chi connectivity index (χ4v) is 3.12. The molecule has 0 spiro atoms. The molecule has 25 heavy (non-hydrogen) atoms. The summed E-state index contributed by atoms with van der Waals surface area (Å²) in [5, 5.41) is 0. The van der Waals surface area contributed by atoms with E-state index in [1.807, 2.05) is 24.3 Å². The Morgan fingerprint density at radius 2 is 2.00 bits per heavy atom. The van der Waals surface area contributed by atoms with Crippen molar-refractivity contribution in [1.82, 2.24) is 19.9 Å². The largest absolute Gasteiger partial charge is 0.305 e. The van der Waals surface area contributed by atoms with Gasteiger partial charge < -0.3 is 4.98 Å². The van der Waals surface area contributed by atoms with Crippen LogP contribution in [0.4, 0.5) is 4.39 Å². The van der Waals surface area contributed by atoms with Crippen molar-refractivity contribution in [2.45, 2.75) is 19.5 Å². The molecule has 2 aromatic heterocycles. The quantitative estimate of drug-likeness (QED) is 0.798. The molecule has 6 heteroatoms. The van der Waals surface area contributed by atoms with E-state index in [0.717, 1.165) is 5.69 Å². The highest BCUT2D eigenvalue weighted by molar-refractivity contribution is 5.49. The maximum Gasteiger partial charge on any atom is 0.254 e. The average molecular weight is 336 g/mol. The average Bonchev–Trinajstić information content (AvgIpc) is 2.64. The molecule has 3 aromatic rings. The van der Waals surface area contributed by atoms with Gasteiger partial charge in [-0.05, 0) is 24.6 Å². The highest BCUT2D eigenvalue weighted by Crippen LogP contribution is 2.19. The molecule has 0 unspecified atom stereocenters. The normalized spacial score (nSPS) is 14.3. The van der Waals surface area contributed by atoms with Gasteiger partial charge in [-0.2, -0.15) is 0 Å². The Morgan fingerprint density at radius 1 is 1.16 bits per heavy atom. The third kappa shape index (κ3) is 3.21. The van der Waals surface area contributed by atoms with Crippen molar-refractivity contribution in [2.24, 2.45) is 0 Å². The minimum absolute atomic E-state index is 0.115. The molecule has 0 fully saturated rings. The standard InChI is InChI=1S/C19H17FN4O/c20-15-6-2-1-5-13(15)11-24-10-8-14-17(12-24)22-18(23-19(14)25)16-7-3-4-9-21-16/h1-7,9H,8,10-12H2,(H,22,23,25). The lowest BCUT2D eigenvalue weighted by Gasteiger charge is -2.27. The van der Waals surface area contributed by atoms with E-state index in [9.17, 15) is 9.18 Å². The zero-order chi connectivity index (χ0) is 17.2. The summed E-state index contributed by atoms with van der Waals surface area (Å²) in [6.07, 6.45) is 2.27. The van der Waals surface area contributed by atoms with E-state index in [-0.39, 0.29) is 11.4 Å². The van der Waals surface area contributed by atoms with E-state index < -0.39 is 0 Å². The van der Waals surface area contributed by atoms with Crippen LogP contribution < -0.4 is 5.56 Å². The molecular weight excluding hydrogens is 319 g/mol. The van der Waals surface area contributed by atoms with Crippen molar-refractivity contribution in [3.63, 3.8) is 0 Å². The third-order valence-corrected chi connectivity index (χ3v) is 4.41.